The van der Waals surface area contributed by atoms with Crippen molar-refractivity contribution in [3.63, 3.8) is 0 Å². The Morgan fingerprint density at radius 1 is 1.18 bits per heavy atom. The van der Waals surface area contributed by atoms with Crippen LogP contribution in [0.25, 0.3) is 0 Å². The van der Waals surface area contributed by atoms with Gasteiger partial charge in [-0.2, -0.15) is 0 Å². The number of aromatic nitrogens is 1. The molecular weight excluding hydrogens is 280 g/mol. The monoisotopic (exact) mass is 298 g/mol. The maximum atomic E-state index is 12.7. The molecule has 0 N–H and O–H groups in total. The number of ether oxygens (including phenoxy) is 2. The van der Waals surface area contributed by atoms with Gasteiger partial charge in [0.1, 0.15) is 11.3 Å². The van der Waals surface area contributed by atoms with Gasteiger partial charge in [-0.3, -0.25) is 4.79 Å². The van der Waals surface area contributed by atoms with Gasteiger partial charge in [-0.25, -0.2) is 4.98 Å². The number of pyridine rings is 1. The van der Waals surface area contributed by atoms with E-state index in [9.17, 15) is 4.79 Å². The third-order valence-electron chi connectivity index (χ3n) is 3.91. The molecule has 2 heterocycles. The summed E-state index contributed by atoms with van der Waals surface area (Å²) in [4.78, 5) is 18.6. The van der Waals surface area contributed by atoms with Crippen molar-refractivity contribution in [2.75, 3.05) is 20.8 Å². The van der Waals surface area contributed by atoms with E-state index in [4.69, 9.17) is 9.47 Å². The Bertz CT molecular complexity index is 700. The van der Waals surface area contributed by atoms with Crippen LogP contribution in [0.15, 0.2) is 36.5 Å². The van der Waals surface area contributed by atoms with Crippen LogP contribution in [0, 0.1) is 0 Å². The third-order valence-corrected chi connectivity index (χ3v) is 3.91. The number of fused-ring (bicyclic) bond motifs is 1. The van der Waals surface area contributed by atoms with E-state index in [1.807, 2.05) is 23.1 Å². The first-order chi connectivity index (χ1) is 10.7. The Balaban J connectivity index is 1.83. The Morgan fingerprint density at radius 3 is 2.82 bits per heavy atom. The van der Waals surface area contributed by atoms with Crippen molar-refractivity contribution in [3.05, 3.63) is 53.2 Å². The fraction of sp³-hybridized carbons (Fsp3) is 0.294. The summed E-state index contributed by atoms with van der Waals surface area (Å²) in [6.07, 6.45) is 2.44. The minimum atomic E-state index is -0.0496. The fourth-order valence-corrected chi connectivity index (χ4v) is 2.72. The van der Waals surface area contributed by atoms with Gasteiger partial charge in [0, 0.05) is 19.3 Å². The van der Waals surface area contributed by atoms with E-state index in [0.717, 1.165) is 17.7 Å². The summed E-state index contributed by atoms with van der Waals surface area (Å²) in [5, 5.41) is 0. The molecule has 0 saturated heterocycles. The van der Waals surface area contributed by atoms with Crippen LogP contribution in [0.2, 0.25) is 0 Å². The normalized spacial score (nSPS) is 13.5. The lowest BCUT2D eigenvalue weighted by molar-refractivity contribution is 0.0730. The number of carbonyl (C=O) groups is 1. The first-order valence-electron chi connectivity index (χ1n) is 7.17. The number of benzene rings is 1. The van der Waals surface area contributed by atoms with Crippen LogP contribution < -0.4 is 9.47 Å². The molecule has 5 nitrogen and oxygen atoms in total. The molecule has 0 fully saturated rings. The lowest BCUT2D eigenvalue weighted by Crippen LogP contribution is -2.36. The lowest BCUT2D eigenvalue weighted by Gasteiger charge is -2.29. The van der Waals surface area contributed by atoms with E-state index in [1.165, 1.54) is 12.7 Å². The van der Waals surface area contributed by atoms with E-state index in [-0.39, 0.29) is 5.91 Å². The highest BCUT2D eigenvalue weighted by atomic mass is 16.5. The molecule has 0 bridgehead atoms. The average molecular weight is 298 g/mol. The molecule has 0 spiro atoms. The summed E-state index contributed by atoms with van der Waals surface area (Å²) in [5.41, 5.74) is 2.90. The van der Waals surface area contributed by atoms with Crippen LogP contribution in [0.4, 0.5) is 0 Å². The van der Waals surface area contributed by atoms with E-state index in [2.05, 4.69) is 4.98 Å². The smallest absolute Gasteiger partial charge is 0.259 e. The van der Waals surface area contributed by atoms with Gasteiger partial charge in [0.25, 0.3) is 5.91 Å². The van der Waals surface area contributed by atoms with Crippen molar-refractivity contribution < 1.29 is 14.3 Å². The van der Waals surface area contributed by atoms with E-state index >= 15 is 0 Å². The first-order valence-corrected chi connectivity index (χ1v) is 7.17. The maximum Gasteiger partial charge on any atom is 0.259 e. The molecule has 3 rings (SSSR count). The molecule has 1 aromatic carbocycles. The minimum absolute atomic E-state index is 0.0496. The molecule has 0 unspecified atom stereocenters. The van der Waals surface area contributed by atoms with Crippen molar-refractivity contribution in [2.45, 2.75) is 13.0 Å². The number of carbonyl (C=O) groups excluding carboxylic acids is 1. The highest BCUT2D eigenvalue weighted by Crippen LogP contribution is 2.26. The molecule has 1 aromatic heterocycles. The standard InChI is InChI=1S/C17H18N2O3/c1-21-14-6-5-13-11-19(9-7-12(13)10-14)17(20)15-4-3-8-18-16(15)22-2/h3-6,8,10H,7,9,11H2,1-2H3. The van der Waals surface area contributed by atoms with Crippen LogP contribution in [-0.4, -0.2) is 36.6 Å². The van der Waals surface area contributed by atoms with Gasteiger partial charge in [-0.15, -0.1) is 0 Å². The second kappa shape index (κ2) is 6.05. The Morgan fingerprint density at radius 2 is 2.05 bits per heavy atom. The summed E-state index contributed by atoms with van der Waals surface area (Å²) in [6, 6.07) is 9.49. The van der Waals surface area contributed by atoms with E-state index in [1.54, 1.807) is 25.4 Å². The van der Waals surface area contributed by atoms with Gasteiger partial charge in [0.2, 0.25) is 5.88 Å². The van der Waals surface area contributed by atoms with Gasteiger partial charge in [-0.05, 0) is 41.8 Å². The average Bonchev–Trinajstić information content (AvgIpc) is 2.60. The summed E-state index contributed by atoms with van der Waals surface area (Å²) < 4.78 is 10.4. The number of rotatable bonds is 3. The quantitative estimate of drug-likeness (QED) is 0.872. The van der Waals surface area contributed by atoms with E-state index in [0.29, 0.717) is 24.5 Å². The van der Waals surface area contributed by atoms with Crippen LogP contribution in [0.5, 0.6) is 11.6 Å². The van der Waals surface area contributed by atoms with Crippen LogP contribution in [0.1, 0.15) is 21.5 Å². The first kappa shape index (κ1) is 14.4. The molecule has 0 aliphatic carbocycles. The molecule has 2 aromatic rings. The summed E-state index contributed by atoms with van der Waals surface area (Å²) in [7, 11) is 3.19. The molecular formula is C17H18N2O3. The van der Waals surface area contributed by atoms with Crippen molar-refractivity contribution in [2.24, 2.45) is 0 Å². The van der Waals surface area contributed by atoms with Gasteiger partial charge in [0.05, 0.1) is 14.2 Å². The van der Waals surface area contributed by atoms with Crippen molar-refractivity contribution in [1.29, 1.82) is 0 Å². The fourth-order valence-electron chi connectivity index (χ4n) is 2.72. The second-order valence-corrected chi connectivity index (χ2v) is 5.17. The van der Waals surface area contributed by atoms with Crippen LogP contribution in [-0.2, 0) is 13.0 Å². The second-order valence-electron chi connectivity index (χ2n) is 5.17. The Labute approximate surface area is 129 Å². The lowest BCUT2D eigenvalue weighted by atomic mass is 9.99. The van der Waals surface area contributed by atoms with Gasteiger partial charge >= 0.3 is 0 Å². The predicted octanol–water partition coefficient (Wildman–Crippen LogP) is 2.30. The molecule has 0 radical (unpaired) electrons. The van der Waals surface area contributed by atoms with Crippen LogP contribution >= 0.6 is 0 Å². The molecule has 1 amide bonds. The summed E-state index contributed by atoms with van der Waals surface area (Å²) in [5.74, 6) is 1.17. The van der Waals surface area contributed by atoms with Crippen molar-refractivity contribution in [1.82, 2.24) is 9.88 Å². The third kappa shape index (κ3) is 2.62. The van der Waals surface area contributed by atoms with E-state index < -0.39 is 0 Å². The Kier molecular flexibility index (Phi) is 3.96. The predicted molar refractivity (Wildman–Crippen MR) is 82.2 cm³/mol. The number of amides is 1. The summed E-state index contributed by atoms with van der Waals surface area (Å²) >= 11 is 0. The van der Waals surface area contributed by atoms with Crippen LogP contribution in [0.3, 0.4) is 0 Å². The zero-order valence-electron chi connectivity index (χ0n) is 12.7. The zero-order chi connectivity index (χ0) is 15.5. The number of hydrogen-bond donors (Lipinski definition) is 0. The number of methoxy groups -OCH3 is 2. The minimum Gasteiger partial charge on any atom is -0.497 e. The molecule has 114 valence electrons. The van der Waals surface area contributed by atoms with Gasteiger partial charge < -0.3 is 14.4 Å². The molecule has 1 aliphatic rings. The molecule has 1 aliphatic heterocycles. The molecule has 22 heavy (non-hydrogen) atoms. The topological polar surface area (TPSA) is 51.7 Å². The largest absolute Gasteiger partial charge is 0.497 e. The Hall–Kier alpha value is -2.56. The number of hydrogen-bond acceptors (Lipinski definition) is 4. The molecule has 0 atom stereocenters. The highest BCUT2D eigenvalue weighted by molar-refractivity contribution is 5.96. The highest BCUT2D eigenvalue weighted by Gasteiger charge is 2.24. The zero-order valence-corrected chi connectivity index (χ0v) is 12.7. The van der Waals surface area contributed by atoms with Crippen molar-refractivity contribution in [3.8, 4) is 11.6 Å². The molecule has 0 saturated carbocycles. The van der Waals surface area contributed by atoms with Gasteiger partial charge in [-0.1, -0.05) is 6.07 Å². The SMILES string of the molecule is COc1ccc2c(c1)CCN(C(=O)c1cccnc1OC)C2. The number of nitrogens with zero attached hydrogens (tertiary/aromatic N) is 2. The van der Waals surface area contributed by atoms with Gasteiger partial charge in [0.15, 0.2) is 0 Å². The van der Waals surface area contributed by atoms with Crippen molar-refractivity contribution >= 4 is 5.91 Å². The summed E-state index contributed by atoms with van der Waals surface area (Å²) in [6.45, 7) is 1.27. The molecule has 5 heteroatoms. The maximum absolute atomic E-state index is 12.7.